The van der Waals surface area contributed by atoms with E-state index < -0.39 is 12.1 Å². The summed E-state index contributed by atoms with van der Waals surface area (Å²) in [6.07, 6.45) is 3.14. The molecule has 0 bridgehead atoms. The van der Waals surface area contributed by atoms with Crippen molar-refractivity contribution in [1.29, 1.82) is 0 Å². The highest BCUT2D eigenvalue weighted by Crippen LogP contribution is 2.18. The quantitative estimate of drug-likeness (QED) is 0.275. The van der Waals surface area contributed by atoms with Crippen LogP contribution in [0.5, 0.6) is 5.75 Å². The van der Waals surface area contributed by atoms with Crippen molar-refractivity contribution >= 4 is 23.4 Å². The second-order valence-electron chi connectivity index (χ2n) is 9.47. The van der Waals surface area contributed by atoms with Gasteiger partial charge in [-0.2, -0.15) is 0 Å². The first-order valence-corrected chi connectivity index (χ1v) is 12.6. The summed E-state index contributed by atoms with van der Waals surface area (Å²) in [5.74, 6) is 0.155. The van der Waals surface area contributed by atoms with Crippen LogP contribution in [0.3, 0.4) is 0 Å². The van der Waals surface area contributed by atoms with Gasteiger partial charge in [0.2, 0.25) is 17.7 Å². The normalized spacial score (nSPS) is 12.6. The summed E-state index contributed by atoms with van der Waals surface area (Å²) in [6.45, 7) is 6.59. The van der Waals surface area contributed by atoms with Crippen LogP contribution in [0.25, 0.3) is 0 Å². The molecule has 0 saturated heterocycles. The molecule has 0 radical (unpaired) electrons. The van der Waals surface area contributed by atoms with Gasteiger partial charge in [0.05, 0.1) is 6.04 Å². The number of aryl methyl sites for hydroxylation is 1. The standard InChI is InChI=1S/C28H40N4O4/c1-19(2)16-17-30-26(34)11-7-9-22-8-5-6-10-24(22)32-27(35)20(3)31-28(36)25(29-4)18-21-12-14-23(33)15-13-21/h5-6,8,10,12-15,19-20,25,29,33H,7,9,11,16-18H2,1-4H3,(H,30,34)(H,31,36)(H,32,35)/t20-,25-/m0/s1. The maximum absolute atomic E-state index is 12.8. The van der Waals surface area contributed by atoms with E-state index in [1.807, 2.05) is 24.3 Å². The molecule has 0 aromatic heterocycles. The number of phenolic OH excluding ortho intramolecular Hbond substituents is 1. The van der Waals surface area contributed by atoms with Gasteiger partial charge in [0.25, 0.3) is 0 Å². The minimum atomic E-state index is -0.743. The van der Waals surface area contributed by atoms with Crippen molar-refractivity contribution in [3.05, 3.63) is 59.7 Å². The second kappa shape index (κ2) is 14.9. The molecule has 5 N–H and O–H groups in total. The average molecular weight is 497 g/mol. The van der Waals surface area contributed by atoms with E-state index in [4.69, 9.17) is 0 Å². The van der Waals surface area contributed by atoms with E-state index in [1.54, 1.807) is 38.2 Å². The molecule has 8 heteroatoms. The fraction of sp³-hybridized carbons (Fsp3) is 0.464. The molecule has 196 valence electrons. The number of aromatic hydroxyl groups is 1. The lowest BCUT2D eigenvalue weighted by Crippen LogP contribution is -2.50. The van der Waals surface area contributed by atoms with Crippen LogP contribution >= 0.6 is 0 Å². The molecule has 2 atom stereocenters. The number of phenols is 1. The minimum Gasteiger partial charge on any atom is -0.508 e. The van der Waals surface area contributed by atoms with Gasteiger partial charge in [0.1, 0.15) is 11.8 Å². The number of anilines is 1. The summed E-state index contributed by atoms with van der Waals surface area (Å²) in [5, 5.41) is 21.0. The predicted molar refractivity (Wildman–Crippen MR) is 143 cm³/mol. The first-order chi connectivity index (χ1) is 17.2. The first kappa shape index (κ1) is 28.8. The number of nitrogens with one attached hydrogen (secondary N) is 4. The third kappa shape index (κ3) is 10.1. The predicted octanol–water partition coefficient (Wildman–Crippen LogP) is 3.15. The molecule has 0 aliphatic heterocycles. The second-order valence-corrected chi connectivity index (χ2v) is 9.47. The minimum absolute atomic E-state index is 0.0416. The van der Waals surface area contributed by atoms with Crippen LogP contribution in [-0.4, -0.2) is 48.5 Å². The fourth-order valence-corrected chi connectivity index (χ4v) is 3.70. The Morgan fingerprint density at radius 1 is 0.944 bits per heavy atom. The molecule has 8 nitrogen and oxygen atoms in total. The van der Waals surface area contributed by atoms with Crippen LogP contribution < -0.4 is 21.3 Å². The largest absolute Gasteiger partial charge is 0.508 e. The van der Waals surface area contributed by atoms with Gasteiger partial charge in [-0.25, -0.2) is 0 Å². The zero-order chi connectivity index (χ0) is 26.5. The van der Waals surface area contributed by atoms with Crippen molar-refractivity contribution in [1.82, 2.24) is 16.0 Å². The molecular formula is C28H40N4O4. The molecule has 0 saturated carbocycles. The average Bonchev–Trinajstić information content (AvgIpc) is 2.84. The zero-order valence-electron chi connectivity index (χ0n) is 21.8. The topological polar surface area (TPSA) is 120 Å². The van der Waals surface area contributed by atoms with Gasteiger partial charge in [0, 0.05) is 18.7 Å². The van der Waals surface area contributed by atoms with Gasteiger partial charge in [-0.05, 0) is 74.9 Å². The molecule has 0 unspecified atom stereocenters. The van der Waals surface area contributed by atoms with Crippen molar-refractivity contribution in [2.45, 2.75) is 65.0 Å². The number of amides is 3. The van der Waals surface area contributed by atoms with Crippen LogP contribution in [0.1, 0.15) is 51.2 Å². The highest BCUT2D eigenvalue weighted by Gasteiger charge is 2.22. The molecule has 0 aliphatic rings. The van der Waals surface area contributed by atoms with E-state index in [9.17, 15) is 19.5 Å². The van der Waals surface area contributed by atoms with Crippen LogP contribution in [-0.2, 0) is 27.2 Å². The Hall–Kier alpha value is -3.39. The van der Waals surface area contributed by atoms with E-state index in [-0.39, 0.29) is 23.5 Å². The highest BCUT2D eigenvalue weighted by atomic mass is 16.3. The number of carbonyl (C=O) groups excluding carboxylic acids is 3. The van der Waals surface area contributed by atoms with Gasteiger partial charge >= 0.3 is 0 Å². The fourth-order valence-electron chi connectivity index (χ4n) is 3.70. The van der Waals surface area contributed by atoms with Crippen molar-refractivity contribution in [2.75, 3.05) is 18.9 Å². The van der Waals surface area contributed by atoms with Crippen LogP contribution in [0.2, 0.25) is 0 Å². The number of hydrogen-bond donors (Lipinski definition) is 5. The van der Waals surface area contributed by atoms with Crippen LogP contribution in [0.4, 0.5) is 5.69 Å². The number of benzene rings is 2. The van der Waals surface area contributed by atoms with Crippen molar-refractivity contribution in [3.8, 4) is 5.75 Å². The van der Waals surface area contributed by atoms with Crippen molar-refractivity contribution in [2.24, 2.45) is 5.92 Å². The number of likely N-dealkylation sites (N-methyl/N-ethyl adjacent to an activating group) is 1. The smallest absolute Gasteiger partial charge is 0.246 e. The van der Waals surface area contributed by atoms with Crippen LogP contribution in [0, 0.1) is 5.92 Å². The van der Waals surface area contributed by atoms with E-state index in [0.29, 0.717) is 43.8 Å². The molecule has 0 aliphatic carbocycles. The summed E-state index contributed by atoms with van der Waals surface area (Å²) in [5.41, 5.74) is 2.51. The third-order valence-corrected chi connectivity index (χ3v) is 5.96. The Labute approximate surface area is 214 Å². The number of para-hydroxylation sites is 1. The summed E-state index contributed by atoms with van der Waals surface area (Å²) in [6, 6.07) is 12.9. The summed E-state index contributed by atoms with van der Waals surface area (Å²) in [4.78, 5) is 37.6. The van der Waals surface area contributed by atoms with Gasteiger partial charge in [-0.15, -0.1) is 0 Å². The summed E-state index contributed by atoms with van der Waals surface area (Å²) < 4.78 is 0. The zero-order valence-corrected chi connectivity index (χ0v) is 21.8. The molecule has 0 heterocycles. The van der Waals surface area contributed by atoms with Gasteiger partial charge in [0.15, 0.2) is 0 Å². The van der Waals surface area contributed by atoms with Gasteiger partial charge in [-0.3, -0.25) is 14.4 Å². The maximum atomic E-state index is 12.8. The maximum Gasteiger partial charge on any atom is 0.246 e. The third-order valence-electron chi connectivity index (χ3n) is 5.96. The molecule has 0 spiro atoms. The molecule has 2 rings (SSSR count). The number of carbonyl (C=O) groups is 3. The first-order valence-electron chi connectivity index (χ1n) is 12.6. The highest BCUT2D eigenvalue weighted by molar-refractivity contribution is 5.98. The molecule has 0 fully saturated rings. The van der Waals surface area contributed by atoms with Crippen molar-refractivity contribution in [3.63, 3.8) is 0 Å². The summed E-state index contributed by atoms with van der Waals surface area (Å²) >= 11 is 0. The van der Waals surface area contributed by atoms with Gasteiger partial charge < -0.3 is 26.4 Å². The van der Waals surface area contributed by atoms with Crippen molar-refractivity contribution < 1.29 is 19.5 Å². The van der Waals surface area contributed by atoms with E-state index in [0.717, 1.165) is 17.5 Å². The van der Waals surface area contributed by atoms with E-state index in [1.165, 1.54) is 0 Å². The number of hydrogen-bond acceptors (Lipinski definition) is 5. The van der Waals surface area contributed by atoms with E-state index >= 15 is 0 Å². The Morgan fingerprint density at radius 3 is 2.31 bits per heavy atom. The Kier molecular flexibility index (Phi) is 11.9. The number of rotatable bonds is 14. The van der Waals surface area contributed by atoms with E-state index in [2.05, 4.69) is 35.1 Å². The van der Waals surface area contributed by atoms with Crippen LogP contribution in [0.15, 0.2) is 48.5 Å². The Morgan fingerprint density at radius 2 is 1.64 bits per heavy atom. The Bertz CT molecular complexity index is 991. The monoisotopic (exact) mass is 496 g/mol. The Balaban J connectivity index is 1.86. The molecule has 2 aromatic rings. The molecule has 3 amide bonds. The lowest BCUT2D eigenvalue weighted by Gasteiger charge is -2.20. The molecule has 36 heavy (non-hydrogen) atoms. The van der Waals surface area contributed by atoms with Gasteiger partial charge in [-0.1, -0.05) is 44.2 Å². The molecular weight excluding hydrogens is 456 g/mol. The lowest BCUT2D eigenvalue weighted by molar-refractivity contribution is -0.127. The molecule has 2 aromatic carbocycles. The summed E-state index contributed by atoms with van der Waals surface area (Å²) in [7, 11) is 1.69. The lowest BCUT2D eigenvalue weighted by atomic mass is 10.0. The SMILES string of the molecule is CN[C@@H](Cc1ccc(O)cc1)C(=O)N[C@@H](C)C(=O)Nc1ccccc1CCCC(=O)NCCC(C)C.